The zero-order valence-electron chi connectivity index (χ0n) is 9.16. The lowest BCUT2D eigenvalue weighted by Gasteiger charge is -2.33. The fourth-order valence-electron chi connectivity index (χ4n) is 2.86. The molecule has 0 bridgehead atoms. The standard InChI is InChI=1S/C11H22N2/c1-9(2)13-7-10-5-4-6-12(3)11(10)8-13/h9-11H,4-8H2,1-3H3/t10-,11+/m1/s1. The van der Waals surface area contributed by atoms with Crippen molar-refractivity contribution in [3.63, 3.8) is 0 Å². The lowest BCUT2D eigenvalue weighted by Crippen LogP contribution is -2.42. The van der Waals surface area contributed by atoms with E-state index in [0.29, 0.717) is 0 Å². The summed E-state index contributed by atoms with van der Waals surface area (Å²) in [5.74, 6) is 0.959. The highest BCUT2D eigenvalue weighted by atomic mass is 15.3. The van der Waals surface area contributed by atoms with Crippen molar-refractivity contribution in [3.8, 4) is 0 Å². The topological polar surface area (TPSA) is 6.48 Å². The Labute approximate surface area is 81.9 Å². The average Bonchev–Trinajstić information content (AvgIpc) is 2.49. The molecule has 2 atom stereocenters. The highest BCUT2D eigenvalue weighted by Gasteiger charge is 2.37. The predicted molar refractivity (Wildman–Crippen MR) is 55.9 cm³/mol. The third kappa shape index (κ3) is 1.75. The fraction of sp³-hybridized carbons (Fsp3) is 1.00. The first kappa shape index (κ1) is 9.47. The SMILES string of the molecule is CC(C)N1C[C@H]2CCCN(C)[C@H]2C1. The van der Waals surface area contributed by atoms with Crippen molar-refractivity contribution >= 4 is 0 Å². The van der Waals surface area contributed by atoms with E-state index in [1.807, 2.05) is 0 Å². The van der Waals surface area contributed by atoms with Crippen molar-refractivity contribution < 1.29 is 0 Å². The molecule has 13 heavy (non-hydrogen) atoms. The number of fused-ring (bicyclic) bond motifs is 1. The Balaban J connectivity index is 2.00. The lowest BCUT2D eigenvalue weighted by atomic mass is 9.93. The van der Waals surface area contributed by atoms with E-state index in [0.717, 1.165) is 18.0 Å². The molecule has 0 aromatic carbocycles. The van der Waals surface area contributed by atoms with Crippen molar-refractivity contribution in [3.05, 3.63) is 0 Å². The van der Waals surface area contributed by atoms with Crippen LogP contribution in [-0.2, 0) is 0 Å². The summed E-state index contributed by atoms with van der Waals surface area (Å²) >= 11 is 0. The van der Waals surface area contributed by atoms with Crippen molar-refractivity contribution in [2.24, 2.45) is 5.92 Å². The molecule has 2 aliphatic rings. The van der Waals surface area contributed by atoms with Crippen LogP contribution in [0.5, 0.6) is 0 Å². The fourth-order valence-corrected chi connectivity index (χ4v) is 2.86. The predicted octanol–water partition coefficient (Wildman–Crippen LogP) is 1.42. The molecule has 2 aliphatic heterocycles. The number of piperidine rings is 1. The molecule has 2 nitrogen and oxygen atoms in total. The molecule has 0 saturated carbocycles. The maximum Gasteiger partial charge on any atom is 0.0260 e. The summed E-state index contributed by atoms with van der Waals surface area (Å²) < 4.78 is 0. The molecular formula is C11H22N2. The van der Waals surface area contributed by atoms with Gasteiger partial charge in [0.15, 0.2) is 0 Å². The first-order valence-corrected chi connectivity index (χ1v) is 5.63. The zero-order chi connectivity index (χ0) is 9.42. The maximum atomic E-state index is 2.64. The normalized spacial score (nSPS) is 36.9. The summed E-state index contributed by atoms with van der Waals surface area (Å²) in [6.07, 6.45) is 2.86. The van der Waals surface area contributed by atoms with E-state index < -0.39 is 0 Å². The van der Waals surface area contributed by atoms with E-state index >= 15 is 0 Å². The van der Waals surface area contributed by atoms with Gasteiger partial charge in [-0.15, -0.1) is 0 Å². The van der Waals surface area contributed by atoms with Crippen LogP contribution in [0.25, 0.3) is 0 Å². The molecule has 2 heteroatoms. The lowest BCUT2D eigenvalue weighted by molar-refractivity contribution is 0.155. The van der Waals surface area contributed by atoms with Gasteiger partial charge in [0, 0.05) is 25.2 Å². The van der Waals surface area contributed by atoms with Crippen molar-refractivity contribution in [2.75, 3.05) is 26.7 Å². The molecule has 0 amide bonds. The average molecular weight is 182 g/mol. The van der Waals surface area contributed by atoms with Crippen LogP contribution in [-0.4, -0.2) is 48.6 Å². The van der Waals surface area contributed by atoms with Crippen LogP contribution in [0, 0.1) is 5.92 Å². The molecule has 0 unspecified atom stereocenters. The monoisotopic (exact) mass is 182 g/mol. The van der Waals surface area contributed by atoms with Crippen molar-refractivity contribution in [2.45, 2.75) is 38.8 Å². The second-order valence-electron chi connectivity index (χ2n) is 5.00. The van der Waals surface area contributed by atoms with Crippen LogP contribution in [0.15, 0.2) is 0 Å². The molecular weight excluding hydrogens is 160 g/mol. The third-order valence-corrected chi connectivity index (χ3v) is 3.82. The van der Waals surface area contributed by atoms with Crippen LogP contribution < -0.4 is 0 Å². The smallest absolute Gasteiger partial charge is 0.0260 e. The Morgan fingerprint density at radius 3 is 2.62 bits per heavy atom. The number of likely N-dealkylation sites (tertiary alicyclic amines) is 2. The van der Waals surface area contributed by atoms with Gasteiger partial charge in [0.2, 0.25) is 0 Å². The Kier molecular flexibility index (Phi) is 2.61. The van der Waals surface area contributed by atoms with Crippen LogP contribution in [0.2, 0.25) is 0 Å². The molecule has 0 radical (unpaired) electrons. The number of likely N-dealkylation sites (N-methyl/N-ethyl adjacent to an activating group) is 1. The Morgan fingerprint density at radius 1 is 1.23 bits per heavy atom. The quantitative estimate of drug-likeness (QED) is 0.605. The van der Waals surface area contributed by atoms with Gasteiger partial charge in [-0.3, -0.25) is 4.90 Å². The number of hydrogen-bond donors (Lipinski definition) is 0. The van der Waals surface area contributed by atoms with Gasteiger partial charge in [-0.2, -0.15) is 0 Å². The molecule has 0 spiro atoms. The molecule has 2 saturated heterocycles. The molecule has 0 N–H and O–H groups in total. The Morgan fingerprint density at radius 2 is 2.00 bits per heavy atom. The second-order valence-corrected chi connectivity index (χ2v) is 5.00. The van der Waals surface area contributed by atoms with E-state index in [1.165, 1.54) is 32.5 Å². The van der Waals surface area contributed by atoms with Gasteiger partial charge >= 0.3 is 0 Å². The summed E-state index contributed by atoms with van der Waals surface area (Å²) in [5.41, 5.74) is 0. The van der Waals surface area contributed by atoms with Gasteiger partial charge in [-0.25, -0.2) is 0 Å². The van der Waals surface area contributed by atoms with Crippen LogP contribution in [0.4, 0.5) is 0 Å². The van der Waals surface area contributed by atoms with E-state index in [4.69, 9.17) is 0 Å². The minimum absolute atomic E-state index is 0.735. The van der Waals surface area contributed by atoms with E-state index in [9.17, 15) is 0 Å². The zero-order valence-corrected chi connectivity index (χ0v) is 9.16. The molecule has 76 valence electrons. The van der Waals surface area contributed by atoms with Crippen molar-refractivity contribution in [1.29, 1.82) is 0 Å². The first-order chi connectivity index (χ1) is 6.18. The third-order valence-electron chi connectivity index (χ3n) is 3.82. The van der Waals surface area contributed by atoms with Crippen molar-refractivity contribution in [1.82, 2.24) is 9.80 Å². The first-order valence-electron chi connectivity index (χ1n) is 5.63. The summed E-state index contributed by atoms with van der Waals surface area (Å²) in [6, 6.07) is 1.59. The molecule has 0 aliphatic carbocycles. The Hall–Kier alpha value is -0.0800. The summed E-state index contributed by atoms with van der Waals surface area (Å²) in [4.78, 5) is 5.20. The number of hydrogen-bond acceptors (Lipinski definition) is 2. The van der Waals surface area contributed by atoms with Gasteiger partial charge in [0.05, 0.1) is 0 Å². The van der Waals surface area contributed by atoms with Gasteiger partial charge in [0.25, 0.3) is 0 Å². The van der Waals surface area contributed by atoms with E-state index in [-0.39, 0.29) is 0 Å². The molecule has 2 fully saturated rings. The van der Waals surface area contributed by atoms with Crippen LogP contribution >= 0.6 is 0 Å². The van der Waals surface area contributed by atoms with Gasteiger partial charge in [0.1, 0.15) is 0 Å². The second kappa shape index (κ2) is 3.58. The van der Waals surface area contributed by atoms with Gasteiger partial charge in [-0.05, 0) is 46.2 Å². The largest absolute Gasteiger partial charge is 0.302 e. The summed E-state index contributed by atoms with van der Waals surface area (Å²) in [6.45, 7) is 8.59. The molecule has 2 rings (SSSR count). The highest BCUT2D eigenvalue weighted by Crippen LogP contribution is 2.30. The minimum atomic E-state index is 0.735. The minimum Gasteiger partial charge on any atom is -0.302 e. The Bertz CT molecular complexity index is 179. The van der Waals surface area contributed by atoms with E-state index in [1.54, 1.807) is 0 Å². The maximum absolute atomic E-state index is 2.64. The summed E-state index contributed by atoms with van der Waals surface area (Å²) in [7, 11) is 2.29. The van der Waals surface area contributed by atoms with Gasteiger partial charge in [-0.1, -0.05) is 0 Å². The van der Waals surface area contributed by atoms with Crippen LogP contribution in [0.1, 0.15) is 26.7 Å². The molecule has 2 heterocycles. The number of rotatable bonds is 1. The molecule has 0 aromatic heterocycles. The van der Waals surface area contributed by atoms with E-state index in [2.05, 4.69) is 30.7 Å². The van der Waals surface area contributed by atoms with Crippen LogP contribution in [0.3, 0.4) is 0 Å². The highest BCUT2D eigenvalue weighted by molar-refractivity contribution is 4.93. The van der Waals surface area contributed by atoms with Gasteiger partial charge < -0.3 is 4.90 Å². The molecule has 0 aromatic rings. The number of nitrogens with zero attached hydrogens (tertiary/aromatic N) is 2. The summed E-state index contributed by atoms with van der Waals surface area (Å²) in [5, 5.41) is 0.